The number of allylic oxidation sites excluding steroid dienone is 5. The molecule has 9 nitrogen and oxygen atoms in total. The Kier molecular flexibility index (Phi) is 14.2. The fraction of sp³-hybridized carbons (Fsp3) is 0.350. The molecular formula is C40H48N3O6-. The van der Waals surface area contributed by atoms with Crippen LogP contribution in [0.2, 0.25) is 0 Å². The Morgan fingerprint density at radius 3 is 2.35 bits per heavy atom. The molecule has 7 N–H and O–H groups in total. The topological polar surface area (TPSA) is 174 Å². The summed E-state index contributed by atoms with van der Waals surface area (Å²) in [5.74, 6) is -0.0632. The highest BCUT2D eigenvalue weighted by molar-refractivity contribution is 5.89. The number of phenolic OH excluding ortho intramolecular Hbond substituents is 2. The Balaban J connectivity index is 1.37. The number of aromatic hydroxyl groups is 2. The van der Waals surface area contributed by atoms with Crippen LogP contribution in [0.3, 0.4) is 0 Å². The number of phenols is 2. The van der Waals surface area contributed by atoms with Crippen LogP contribution >= 0.6 is 0 Å². The van der Waals surface area contributed by atoms with Gasteiger partial charge in [-0.25, -0.2) is 0 Å². The molecule has 0 bridgehead atoms. The molecule has 4 rings (SSSR count). The van der Waals surface area contributed by atoms with Gasteiger partial charge in [-0.2, -0.15) is 0 Å². The number of rotatable bonds is 19. The third-order valence-corrected chi connectivity index (χ3v) is 8.59. The number of unbranched alkanes of at least 4 members (excludes halogenated alkanes) is 3. The first-order valence-electron chi connectivity index (χ1n) is 17.0. The minimum Gasteiger partial charge on any atom is -0.875 e. The number of carbonyl (C=O) groups excluding carboxylic acids is 1. The molecule has 2 atom stereocenters. The predicted octanol–water partition coefficient (Wildman–Crippen LogP) is 5.76. The van der Waals surface area contributed by atoms with Crippen LogP contribution in [0, 0.1) is 0 Å². The maximum atomic E-state index is 13.2. The summed E-state index contributed by atoms with van der Waals surface area (Å²) in [6.07, 6.45) is 13.6. The second-order valence-corrected chi connectivity index (χ2v) is 12.6. The first-order valence-corrected chi connectivity index (χ1v) is 17.0. The van der Waals surface area contributed by atoms with E-state index in [2.05, 4.69) is 4.99 Å². The number of nitrogens with two attached hydrogens (primary N) is 2. The van der Waals surface area contributed by atoms with Crippen LogP contribution in [0.15, 0.2) is 101 Å². The van der Waals surface area contributed by atoms with Crippen molar-refractivity contribution >= 4 is 12.0 Å². The average Bonchev–Trinajstić information content (AvgIpc) is 3.63. The van der Waals surface area contributed by atoms with E-state index < -0.39 is 12.1 Å². The molecule has 1 aliphatic heterocycles. The molecule has 0 fully saturated rings. The van der Waals surface area contributed by atoms with Crippen molar-refractivity contribution in [3.63, 3.8) is 0 Å². The van der Waals surface area contributed by atoms with Crippen molar-refractivity contribution < 1.29 is 30.0 Å². The van der Waals surface area contributed by atoms with Crippen molar-refractivity contribution in [2.45, 2.75) is 82.9 Å². The summed E-state index contributed by atoms with van der Waals surface area (Å²) in [6.45, 7) is 2.05. The standard InChI is InChI=1S/C40H49N3O6/c1-27(44)7-5-3-2-4-6-8-33(45)16-9-28-11-18-37(47)39(24-28)49-22-20-29-10-17-36(46)35(23-29)34(25-38(48)32-19-21-43-26-32)30-12-14-31(15-13-30)40(41)42/h6,8,10-15,17-19,21,23-24,26-27,34,40,44,46-48H,2-5,7,9,16,20,22,25,41-42H2,1H3/p-1/b8-6+,38-32?/t27-,34+/m0/s1. The third kappa shape index (κ3) is 11.7. The highest BCUT2D eigenvalue weighted by Gasteiger charge is 2.20. The number of aliphatic hydroxyl groups is 1. The van der Waals surface area contributed by atoms with Gasteiger partial charge in [-0.3, -0.25) is 9.79 Å². The lowest BCUT2D eigenvalue weighted by atomic mass is 9.85. The van der Waals surface area contributed by atoms with Gasteiger partial charge < -0.3 is 36.6 Å². The molecule has 0 spiro atoms. The van der Waals surface area contributed by atoms with Gasteiger partial charge in [-0.05, 0) is 97.2 Å². The predicted molar refractivity (Wildman–Crippen MR) is 191 cm³/mol. The molecule has 49 heavy (non-hydrogen) atoms. The average molecular weight is 667 g/mol. The smallest absolute Gasteiger partial charge is 0.161 e. The first-order chi connectivity index (χ1) is 23.6. The molecule has 0 radical (unpaired) electrons. The van der Waals surface area contributed by atoms with Gasteiger partial charge in [0, 0.05) is 36.7 Å². The second kappa shape index (κ2) is 18.7. The van der Waals surface area contributed by atoms with E-state index in [0.717, 1.165) is 54.4 Å². The molecule has 3 aromatic rings. The lowest BCUT2D eigenvalue weighted by Gasteiger charge is -2.25. The quantitative estimate of drug-likeness (QED) is 0.0465. The van der Waals surface area contributed by atoms with E-state index in [4.69, 9.17) is 16.2 Å². The van der Waals surface area contributed by atoms with E-state index in [1.54, 1.807) is 49.5 Å². The fourth-order valence-electron chi connectivity index (χ4n) is 5.71. The summed E-state index contributed by atoms with van der Waals surface area (Å²) in [4.78, 5) is 16.4. The number of aliphatic imine (C=N–C) groups is 1. The number of nitrogens with zero attached hydrogens (tertiary/aromatic N) is 1. The molecule has 260 valence electrons. The van der Waals surface area contributed by atoms with E-state index in [9.17, 15) is 25.2 Å². The van der Waals surface area contributed by atoms with Crippen LogP contribution in [0.25, 0.3) is 0 Å². The van der Waals surface area contributed by atoms with Crippen LogP contribution in [-0.2, 0) is 17.6 Å². The largest absolute Gasteiger partial charge is 0.875 e. The van der Waals surface area contributed by atoms with Gasteiger partial charge >= 0.3 is 0 Å². The molecule has 0 saturated heterocycles. The third-order valence-electron chi connectivity index (χ3n) is 8.59. The van der Waals surface area contributed by atoms with Crippen LogP contribution in [0.4, 0.5) is 0 Å². The summed E-state index contributed by atoms with van der Waals surface area (Å²) in [7, 11) is 0. The van der Waals surface area contributed by atoms with Crippen LogP contribution in [-0.4, -0.2) is 40.0 Å². The van der Waals surface area contributed by atoms with E-state index in [0.29, 0.717) is 36.1 Å². The highest BCUT2D eigenvalue weighted by Crippen LogP contribution is 2.37. The van der Waals surface area contributed by atoms with Crippen molar-refractivity contribution in [1.82, 2.24) is 0 Å². The number of benzene rings is 3. The van der Waals surface area contributed by atoms with Gasteiger partial charge in [0.1, 0.15) is 5.75 Å². The number of ketones is 1. The summed E-state index contributed by atoms with van der Waals surface area (Å²) >= 11 is 0. The maximum Gasteiger partial charge on any atom is 0.161 e. The molecular weight excluding hydrogens is 618 g/mol. The number of aryl methyl sites for hydroxylation is 1. The van der Waals surface area contributed by atoms with Gasteiger partial charge in [-0.15, -0.1) is 5.76 Å². The zero-order valence-electron chi connectivity index (χ0n) is 28.1. The second-order valence-electron chi connectivity index (χ2n) is 12.6. The summed E-state index contributed by atoms with van der Waals surface area (Å²) in [6, 6.07) is 17.8. The number of ether oxygens (including phenoxy) is 1. The SMILES string of the molecule is C[C@H](O)CCCCC/C=C/C(=O)CCc1ccc(O)c(OCCc2ccc(O)c([C@H](CC([O-])=C3C=CN=C3)c3ccc(C(N)N)cc3)c2)c1. The fourth-order valence-corrected chi connectivity index (χ4v) is 5.71. The molecule has 1 aliphatic rings. The summed E-state index contributed by atoms with van der Waals surface area (Å²) < 4.78 is 5.97. The Labute approximate surface area is 289 Å². The Morgan fingerprint density at radius 2 is 1.65 bits per heavy atom. The monoisotopic (exact) mass is 666 g/mol. The summed E-state index contributed by atoms with van der Waals surface area (Å²) in [5.41, 5.74) is 16.2. The van der Waals surface area contributed by atoms with Gasteiger partial charge in [0.2, 0.25) is 0 Å². The minimum atomic E-state index is -0.626. The molecule has 0 saturated carbocycles. The highest BCUT2D eigenvalue weighted by atomic mass is 16.5. The van der Waals surface area contributed by atoms with Crippen molar-refractivity contribution in [2.24, 2.45) is 16.5 Å². The van der Waals surface area contributed by atoms with Gasteiger partial charge in [0.05, 0.1) is 18.9 Å². The lowest BCUT2D eigenvalue weighted by Crippen LogP contribution is -2.20. The van der Waals surface area contributed by atoms with Gasteiger partial charge in [0.15, 0.2) is 17.3 Å². The van der Waals surface area contributed by atoms with Crippen LogP contribution in [0.5, 0.6) is 17.2 Å². The maximum absolute atomic E-state index is 13.2. The van der Waals surface area contributed by atoms with Crippen molar-refractivity contribution in [1.29, 1.82) is 0 Å². The molecule has 0 aromatic heterocycles. The molecule has 1 heterocycles. The number of hydrogen-bond acceptors (Lipinski definition) is 9. The summed E-state index contributed by atoms with van der Waals surface area (Å²) in [5, 5.41) is 43.9. The lowest BCUT2D eigenvalue weighted by molar-refractivity contribution is -0.307. The van der Waals surface area contributed by atoms with Crippen molar-refractivity contribution in [3.8, 4) is 17.2 Å². The minimum absolute atomic E-state index is 0.0122. The Bertz CT molecular complexity index is 1640. The first kappa shape index (κ1) is 37.1. The van der Waals surface area contributed by atoms with Gasteiger partial charge in [0.25, 0.3) is 0 Å². The Hall–Kier alpha value is -4.70. The zero-order valence-corrected chi connectivity index (χ0v) is 28.1. The molecule has 3 aromatic carbocycles. The number of hydrogen-bond donors (Lipinski definition) is 5. The van der Waals surface area contributed by atoms with E-state index >= 15 is 0 Å². The number of aliphatic hydroxyl groups excluding tert-OH is 1. The Morgan fingerprint density at radius 1 is 0.939 bits per heavy atom. The molecule has 9 heteroatoms. The zero-order chi connectivity index (χ0) is 35.2. The normalized spacial score (nSPS) is 14.9. The molecule has 0 aliphatic carbocycles. The van der Waals surface area contributed by atoms with Crippen molar-refractivity contribution in [3.05, 3.63) is 124 Å². The molecule has 0 unspecified atom stereocenters. The van der Waals surface area contributed by atoms with Crippen LogP contribution in [0.1, 0.15) is 91.8 Å². The van der Waals surface area contributed by atoms with E-state index in [-0.39, 0.29) is 42.2 Å². The number of carbonyl (C=O) groups is 1. The van der Waals surface area contributed by atoms with E-state index in [1.165, 1.54) is 6.21 Å². The van der Waals surface area contributed by atoms with Gasteiger partial charge in [-0.1, -0.05) is 61.4 Å². The molecule has 0 amide bonds. The van der Waals surface area contributed by atoms with E-state index in [1.807, 2.05) is 42.5 Å². The van der Waals surface area contributed by atoms with Crippen LogP contribution < -0.4 is 21.3 Å². The van der Waals surface area contributed by atoms with Crippen molar-refractivity contribution in [2.75, 3.05) is 6.61 Å².